The molecule has 5 rings (SSSR count). The molecule has 2 aromatic heterocycles. The Kier molecular flexibility index (Phi) is 6.81. The van der Waals surface area contributed by atoms with Crippen molar-refractivity contribution in [3.8, 4) is 17.0 Å². The standard InChI is InChI=1S/C27H28N6O2/c1-35-26-7-3-2-6-24(26)25-20-33(30-29-25)19-21-8-10-23(11-9-21)27(34)32-15-13-31(14-16-32)18-22-5-4-12-28-17-22/h2-12,17,20H,13-16,18-19H2,1H3. The molecular weight excluding hydrogens is 440 g/mol. The molecule has 3 heterocycles. The summed E-state index contributed by atoms with van der Waals surface area (Å²) in [5, 5.41) is 8.55. The number of amides is 1. The summed E-state index contributed by atoms with van der Waals surface area (Å²) in [6, 6.07) is 19.6. The van der Waals surface area contributed by atoms with Crippen LogP contribution in [0.15, 0.2) is 79.3 Å². The fraction of sp³-hybridized carbons (Fsp3) is 0.259. The highest BCUT2D eigenvalue weighted by atomic mass is 16.5. The van der Waals surface area contributed by atoms with E-state index in [4.69, 9.17) is 4.74 Å². The van der Waals surface area contributed by atoms with E-state index in [9.17, 15) is 4.79 Å². The van der Waals surface area contributed by atoms with Gasteiger partial charge in [-0.15, -0.1) is 5.10 Å². The van der Waals surface area contributed by atoms with Crippen molar-refractivity contribution in [2.75, 3.05) is 33.3 Å². The molecule has 1 amide bonds. The Balaban J connectivity index is 1.17. The predicted molar refractivity (Wildman–Crippen MR) is 133 cm³/mol. The zero-order valence-electron chi connectivity index (χ0n) is 19.7. The minimum absolute atomic E-state index is 0.0804. The van der Waals surface area contributed by atoms with Gasteiger partial charge in [0.15, 0.2) is 0 Å². The van der Waals surface area contributed by atoms with Crippen LogP contribution in [-0.4, -0.2) is 69.0 Å². The minimum atomic E-state index is 0.0804. The Morgan fingerprint density at radius 2 is 1.71 bits per heavy atom. The lowest BCUT2D eigenvalue weighted by molar-refractivity contribution is 0.0628. The van der Waals surface area contributed by atoms with E-state index in [1.165, 1.54) is 5.56 Å². The van der Waals surface area contributed by atoms with E-state index in [2.05, 4.69) is 26.3 Å². The van der Waals surface area contributed by atoms with Gasteiger partial charge < -0.3 is 9.64 Å². The summed E-state index contributed by atoms with van der Waals surface area (Å²) >= 11 is 0. The number of rotatable bonds is 7. The van der Waals surface area contributed by atoms with Gasteiger partial charge in [-0.1, -0.05) is 35.5 Å². The summed E-state index contributed by atoms with van der Waals surface area (Å²) in [7, 11) is 1.65. The van der Waals surface area contributed by atoms with Crippen LogP contribution in [0.3, 0.4) is 0 Å². The number of carbonyl (C=O) groups is 1. The van der Waals surface area contributed by atoms with Crippen molar-refractivity contribution in [1.29, 1.82) is 0 Å². The fourth-order valence-corrected chi connectivity index (χ4v) is 4.34. The number of benzene rings is 2. The van der Waals surface area contributed by atoms with E-state index in [0.29, 0.717) is 12.1 Å². The molecular formula is C27H28N6O2. The molecule has 0 atom stereocenters. The van der Waals surface area contributed by atoms with Gasteiger partial charge in [0.05, 0.1) is 19.9 Å². The summed E-state index contributed by atoms with van der Waals surface area (Å²) in [4.78, 5) is 21.5. The molecule has 0 N–H and O–H groups in total. The topological polar surface area (TPSA) is 76.4 Å². The second-order valence-corrected chi connectivity index (χ2v) is 8.63. The van der Waals surface area contributed by atoms with E-state index in [1.54, 1.807) is 18.0 Å². The van der Waals surface area contributed by atoms with Gasteiger partial charge in [-0.2, -0.15) is 0 Å². The summed E-state index contributed by atoms with van der Waals surface area (Å²) < 4.78 is 7.22. The first kappa shape index (κ1) is 22.7. The molecule has 0 saturated carbocycles. The highest BCUT2D eigenvalue weighted by Crippen LogP contribution is 2.27. The number of para-hydroxylation sites is 1. The maximum Gasteiger partial charge on any atom is 0.253 e. The highest BCUT2D eigenvalue weighted by molar-refractivity contribution is 5.94. The molecule has 0 aliphatic carbocycles. The first-order chi connectivity index (χ1) is 17.2. The normalized spacial score (nSPS) is 14.1. The van der Waals surface area contributed by atoms with Gasteiger partial charge in [0.1, 0.15) is 11.4 Å². The molecule has 8 nitrogen and oxygen atoms in total. The third-order valence-corrected chi connectivity index (χ3v) is 6.26. The number of nitrogens with zero attached hydrogens (tertiary/aromatic N) is 6. The molecule has 0 bridgehead atoms. The van der Waals surface area contributed by atoms with Gasteiger partial charge in [-0.05, 0) is 41.5 Å². The fourth-order valence-electron chi connectivity index (χ4n) is 4.34. The molecule has 4 aromatic rings. The quantitative estimate of drug-likeness (QED) is 0.414. The third kappa shape index (κ3) is 5.38. The van der Waals surface area contributed by atoms with Crippen molar-refractivity contribution in [1.82, 2.24) is 29.8 Å². The van der Waals surface area contributed by atoms with Gasteiger partial charge in [-0.25, -0.2) is 4.68 Å². The Bertz CT molecular complexity index is 1260. The average molecular weight is 469 g/mol. The van der Waals surface area contributed by atoms with Crippen molar-refractivity contribution in [3.05, 3.63) is 95.9 Å². The monoisotopic (exact) mass is 468 g/mol. The molecule has 178 valence electrons. The highest BCUT2D eigenvalue weighted by Gasteiger charge is 2.22. The molecule has 35 heavy (non-hydrogen) atoms. The molecule has 0 unspecified atom stereocenters. The maximum atomic E-state index is 13.0. The zero-order chi connectivity index (χ0) is 24.0. The van der Waals surface area contributed by atoms with Crippen LogP contribution in [0.5, 0.6) is 5.75 Å². The average Bonchev–Trinajstić information content (AvgIpc) is 3.38. The van der Waals surface area contributed by atoms with E-state index in [-0.39, 0.29) is 5.91 Å². The number of aromatic nitrogens is 4. The number of hydrogen-bond donors (Lipinski definition) is 0. The van der Waals surface area contributed by atoms with Crippen LogP contribution in [0.2, 0.25) is 0 Å². The van der Waals surface area contributed by atoms with Crippen LogP contribution in [0.25, 0.3) is 11.3 Å². The molecule has 1 saturated heterocycles. The number of ether oxygens (including phenoxy) is 1. The molecule has 1 aliphatic heterocycles. The molecule has 0 radical (unpaired) electrons. The molecule has 8 heteroatoms. The lowest BCUT2D eigenvalue weighted by Crippen LogP contribution is -2.48. The maximum absolute atomic E-state index is 13.0. The van der Waals surface area contributed by atoms with Crippen molar-refractivity contribution >= 4 is 5.91 Å². The van der Waals surface area contributed by atoms with E-state index in [0.717, 1.165) is 55.3 Å². The molecule has 1 aliphatic rings. The number of hydrogen-bond acceptors (Lipinski definition) is 6. The van der Waals surface area contributed by atoms with Crippen LogP contribution < -0.4 is 4.74 Å². The van der Waals surface area contributed by atoms with Gasteiger partial charge in [0.25, 0.3) is 5.91 Å². The van der Waals surface area contributed by atoms with Crippen molar-refractivity contribution < 1.29 is 9.53 Å². The SMILES string of the molecule is COc1ccccc1-c1cn(Cc2ccc(C(=O)N3CCN(Cc4cccnc4)CC3)cc2)nn1. The van der Waals surface area contributed by atoms with Crippen LogP contribution in [0, 0.1) is 0 Å². The van der Waals surface area contributed by atoms with E-state index < -0.39 is 0 Å². The number of carbonyl (C=O) groups excluding carboxylic acids is 1. The van der Waals surface area contributed by atoms with Crippen LogP contribution in [0.1, 0.15) is 21.5 Å². The van der Waals surface area contributed by atoms with Gasteiger partial charge >= 0.3 is 0 Å². The largest absolute Gasteiger partial charge is 0.496 e. The van der Waals surface area contributed by atoms with Crippen LogP contribution >= 0.6 is 0 Å². The van der Waals surface area contributed by atoms with Gasteiger partial charge in [0.2, 0.25) is 0 Å². The van der Waals surface area contributed by atoms with Crippen molar-refractivity contribution in [2.24, 2.45) is 0 Å². The molecule has 0 spiro atoms. The first-order valence-corrected chi connectivity index (χ1v) is 11.7. The first-order valence-electron chi connectivity index (χ1n) is 11.7. The van der Waals surface area contributed by atoms with Crippen molar-refractivity contribution in [2.45, 2.75) is 13.1 Å². The van der Waals surface area contributed by atoms with Crippen molar-refractivity contribution in [3.63, 3.8) is 0 Å². The van der Waals surface area contributed by atoms with E-state index >= 15 is 0 Å². The second-order valence-electron chi connectivity index (χ2n) is 8.63. The summed E-state index contributed by atoms with van der Waals surface area (Å²) in [5.41, 5.74) is 4.63. The third-order valence-electron chi connectivity index (χ3n) is 6.26. The number of piperazine rings is 1. The number of pyridine rings is 1. The lowest BCUT2D eigenvalue weighted by Gasteiger charge is -2.34. The molecule has 2 aromatic carbocycles. The van der Waals surface area contributed by atoms with Gasteiger partial charge in [-0.3, -0.25) is 14.7 Å². The second kappa shape index (κ2) is 10.5. The number of methoxy groups -OCH3 is 1. The Morgan fingerprint density at radius 1 is 0.914 bits per heavy atom. The molecule has 1 fully saturated rings. The Labute approximate surface area is 204 Å². The minimum Gasteiger partial charge on any atom is -0.496 e. The summed E-state index contributed by atoms with van der Waals surface area (Å²) in [6.07, 6.45) is 5.59. The summed E-state index contributed by atoms with van der Waals surface area (Å²) in [6.45, 7) is 4.62. The van der Waals surface area contributed by atoms with Crippen LogP contribution in [-0.2, 0) is 13.1 Å². The van der Waals surface area contributed by atoms with E-state index in [1.807, 2.05) is 71.9 Å². The predicted octanol–water partition coefficient (Wildman–Crippen LogP) is 3.36. The lowest BCUT2D eigenvalue weighted by atomic mass is 10.1. The zero-order valence-corrected chi connectivity index (χ0v) is 19.7. The van der Waals surface area contributed by atoms with Crippen LogP contribution in [0.4, 0.5) is 0 Å². The van der Waals surface area contributed by atoms with Gasteiger partial charge in [0, 0.05) is 56.2 Å². The Hall–Kier alpha value is -4.04. The summed E-state index contributed by atoms with van der Waals surface area (Å²) in [5.74, 6) is 0.845. The Morgan fingerprint density at radius 3 is 2.46 bits per heavy atom. The smallest absolute Gasteiger partial charge is 0.253 e.